The molecule has 7 nitrogen and oxygen atoms in total. The Bertz CT molecular complexity index is 872. The Morgan fingerprint density at radius 3 is 2.64 bits per heavy atom. The molecule has 0 fully saturated rings. The molecule has 0 aliphatic heterocycles. The van der Waals surface area contributed by atoms with E-state index in [4.69, 9.17) is 0 Å². The SMILES string of the molecule is Cc1cc(NC(=O)NC(C)(C)c2cn(-c3ccccc3)nn2)ccn1. The molecule has 3 aromatic rings. The van der Waals surface area contributed by atoms with E-state index in [2.05, 4.69) is 25.9 Å². The Balaban J connectivity index is 1.71. The molecular weight excluding hydrogens is 316 g/mol. The van der Waals surface area contributed by atoms with Crippen LogP contribution >= 0.6 is 0 Å². The molecule has 3 rings (SSSR count). The smallest absolute Gasteiger partial charge is 0.319 e. The van der Waals surface area contributed by atoms with E-state index in [1.165, 1.54) is 0 Å². The highest BCUT2D eigenvalue weighted by Crippen LogP contribution is 2.19. The number of urea groups is 1. The lowest BCUT2D eigenvalue weighted by atomic mass is 10.0. The van der Waals surface area contributed by atoms with Gasteiger partial charge in [-0.2, -0.15) is 0 Å². The number of aryl methyl sites for hydroxylation is 1. The minimum atomic E-state index is -0.681. The molecule has 2 N–H and O–H groups in total. The third kappa shape index (κ3) is 4.00. The van der Waals surface area contributed by atoms with Gasteiger partial charge in [-0.3, -0.25) is 4.98 Å². The summed E-state index contributed by atoms with van der Waals surface area (Å²) >= 11 is 0. The summed E-state index contributed by atoms with van der Waals surface area (Å²) in [5.41, 5.74) is 2.42. The maximum absolute atomic E-state index is 12.3. The summed E-state index contributed by atoms with van der Waals surface area (Å²) in [5.74, 6) is 0. The number of aromatic nitrogens is 4. The predicted octanol–water partition coefficient (Wildman–Crippen LogP) is 3.03. The van der Waals surface area contributed by atoms with Crippen molar-refractivity contribution < 1.29 is 4.79 Å². The highest BCUT2D eigenvalue weighted by atomic mass is 16.2. The first-order valence-electron chi connectivity index (χ1n) is 7.94. The second kappa shape index (κ2) is 6.72. The second-order valence-corrected chi connectivity index (χ2v) is 6.27. The molecule has 2 amide bonds. The topological polar surface area (TPSA) is 84.7 Å². The van der Waals surface area contributed by atoms with Crippen LogP contribution in [0.1, 0.15) is 25.2 Å². The summed E-state index contributed by atoms with van der Waals surface area (Å²) in [6, 6.07) is 12.9. The summed E-state index contributed by atoms with van der Waals surface area (Å²) in [6.45, 7) is 5.63. The lowest BCUT2D eigenvalue weighted by Gasteiger charge is -2.23. The molecule has 0 spiro atoms. The first kappa shape index (κ1) is 16.6. The van der Waals surface area contributed by atoms with Gasteiger partial charge in [-0.25, -0.2) is 9.48 Å². The average Bonchev–Trinajstić information content (AvgIpc) is 3.06. The van der Waals surface area contributed by atoms with E-state index < -0.39 is 5.54 Å². The molecule has 0 aliphatic carbocycles. The van der Waals surface area contributed by atoms with E-state index in [0.717, 1.165) is 11.4 Å². The maximum Gasteiger partial charge on any atom is 0.319 e. The lowest BCUT2D eigenvalue weighted by molar-refractivity contribution is 0.241. The predicted molar refractivity (Wildman–Crippen MR) is 95.5 cm³/mol. The molecule has 1 aromatic carbocycles. The molecule has 2 aromatic heterocycles. The van der Waals surface area contributed by atoms with Crippen molar-refractivity contribution in [3.8, 4) is 5.69 Å². The summed E-state index contributed by atoms with van der Waals surface area (Å²) < 4.78 is 1.68. The zero-order valence-corrected chi connectivity index (χ0v) is 14.4. The van der Waals surface area contributed by atoms with Crippen LogP contribution in [0, 0.1) is 6.92 Å². The van der Waals surface area contributed by atoms with Gasteiger partial charge < -0.3 is 10.6 Å². The van der Waals surface area contributed by atoms with Crippen LogP contribution in [0.2, 0.25) is 0 Å². The molecule has 0 bridgehead atoms. The van der Waals surface area contributed by atoms with Gasteiger partial charge in [0, 0.05) is 17.6 Å². The van der Waals surface area contributed by atoms with Crippen LogP contribution in [0.5, 0.6) is 0 Å². The number of rotatable bonds is 4. The van der Waals surface area contributed by atoms with E-state index in [9.17, 15) is 4.79 Å². The molecule has 25 heavy (non-hydrogen) atoms. The van der Waals surface area contributed by atoms with E-state index in [-0.39, 0.29) is 6.03 Å². The second-order valence-electron chi connectivity index (χ2n) is 6.27. The van der Waals surface area contributed by atoms with Crippen LogP contribution in [-0.4, -0.2) is 26.0 Å². The van der Waals surface area contributed by atoms with Gasteiger partial charge in [-0.1, -0.05) is 23.4 Å². The van der Waals surface area contributed by atoms with Crippen molar-refractivity contribution in [1.29, 1.82) is 0 Å². The van der Waals surface area contributed by atoms with Gasteiger partial charge in [0.05, 0.1) is 17.4 Å². The zero-order valence-electron chi connectivity index (χ0n) is 14.4. The van der Waals surface area contributed by atoms with Crippen molar-refractivity contribution in [3.63, 3.8) is 0 Å². The van der Waals surface area contributed by atoms with Gasteiger partial charge in [0.25, 0.3) is 0 Å². The van der Waals surface area contributed by atoms with E-state index in [1.807, 2.05) is 57.3 Å². The van der Waals surface area contributed by atoms with Crippen molar-refractivity contribution in [2.75, 3.05) is 5.32 Å². The van der Waals surface area contributed by atoms with E-state index >= 15 is 0 Å². The summed E-state index contributed by atoms with van der Waals surface area (Å²) in [6.07, 6.45) is 3.47. The minimum absolute atomic E-state index is 0.315. The molecule has 0 saturated carbocycles. The molecule has 0 unspecified atom stereocenters. The zero-order chi connectivity index (χ0) is 17.9. The minimum Gasteiger partial charge on any atom is -0.327 e. The Labute approximate surface area is 146 Å². The number of amides is 2. The van der Waals surface area contributed by atoms with Gasteiger partial charge in [0.2, 0.25) is 0 Å². The number of benzene rings is 1. The number of nitrogens with zero attached hydrogens (tertiary/aromatic N) is 4. The number of hydrogen-bond acceptors (Lipinski definition) is 4. The molecule has 2 heterocycles. The number of hydrogen-bond donors (Lipinski definition) is 2. The van der Waals surface area contributed by atoms with Crippen LogP contribution in [0.4, 0.5) is 10.5 Å². The number of anilines is 1. The summed E-state index contributed by atoms with van der Waals surface area (Å²) in [4.78, 5) is 16.4. The van der Waals surface area contributed by atoms with Crippen molar-refractivity contribution in [1.82, 2.24) is 25.3 Å². The Morgan fingerprint density at radius 1 is 1.16 bits per heavy atom. The van der Waals surface area contributed by atoms with Crippen LogP contribution in [-0.2, 0) is 5.54 Å². The molecule has 0 atom stereocenters. The molecule has 0 radical (unpaired) electrons. The molecule has 7 heteroatoms. The number of carbonyl (C=O) groups excluding carboxylic acids is 1. The first-order chi connectivity index (χ1) is 11.9. The van der Waals surface area contributed by atoms with E-state index in [1.54, 1.807) is 23.0 Å². The molecule has 128 valence electrons. The fourth-order valence-corrected chi connectivity index (χ4v) is 2.39. The first-order valence-corrected chi connectivity index (χ1v) is 7.94. The number of para-hydroxylation sites is 1. The van der Waals surface area contributed by atoms with Crippen LogP contribution in [0.3, 0.4) is 0 Å². The van der Waals surface area contributed by atoms with Crippen molar-refractivity contribution in [2.24, 2.45) is 0 Å². The largest absolute Gasteiger partial charge is 0.327 e. The summed E-state index contributed by atoms with van der Waals surface area (Å²) in [5, 5.41) is 14.1. The van der Waals surface area contributed by atoms with Crippen molar-refractivity contribution >= 4 is 11.7 Å². The van der Waals surface area contributed by atoms with Gasteiger partial charge in [-0.05, 0) is 45.0 Å². The highest BCUT2D eigenvalue weighted by molar-refractivity contribution is 5.89. The summed E-state index contributed by atoms with van der Waals surface area (Å²) in [7, 11) is 0. The average molecular weight is 336 g/mol. The van der Waals surface area contributed by atoms with Crippen LogP contribution < -0.4 is 10.6 Å². The Kier molecular flexibility index (Phi) is 4.47. The number of pyridine rings is 1. The van der Waals surface area contributed by atoms with Crippen molar-refractivity contribution in [2.45, 2.75) is 26.3 Å². The van der Waals surface area contributed by atoms with Gasteiger partial charge in [0.1, 0.15) is 5.69 Å². The van der Waals surface area contributed by atoms with Gasteiger partial charge >= 0.3 is 6.03 Å². The van der Waals surface area contributed by atoms with Gasteiger partial charge in [0.15, 0.2) is 0 Å². The fraction of sp³-hybridized carbons (Fsp3) is 0.222. The highest BCUT2D eigenvalue weighted by Gasteiger charge is 2.26. The number of nitrogens with one attached hydrogen (secondary N) is 2. The number of carbonyl (C=O) groups is 1. The standard InChI is InChI=1S/C18H20N6O/c1-13-11-14(9-10-19-13)20-17(25)21-18(2,3)16-12-24(23-22-16)15-7-5-4-6-8-15/h4-12H,1-3H3,(H2,19,20,21,25). The fourth-order valence-electron chi connectivity index (χ4n) is 2.39. The monoisotopic (exact) mass is 336 g/mol. The van der Waals surface area contributed by atoms with Crippen LogP contribution in [0.15, 0.2) is 54.9 Å². The van der Waals surface area contributed by atoms with Gasteiger partial charge in [-0.15, -0.1) is 5.10 Å². The quantitative estimate of drug-likeness (QED) is 0.767. The van der Waals surface area contributed by atoms with E-state index in [0.29, 0.717) is 11.4 Å². The molecule has 0 aliphatic rings. The lowest BCUT2D eigenvalue weighted by Crippen LogP contribution is -2.43. The Morgan fingerprint density at radius 2 is 1.92 bits per heavy atom. The molecular formula is C18H20N6O. The van der Waals surface area contributed by atoms with Crippen LogP contribution in [0.25, 0.3) is 5.69 Å². The Hall–Kier alpha value is -3.22. The third-order valence-corrected chi connectivity index (χ3v) is 3.74. The third-order valence-electron chi connectivity index (χ3n) is 3.74. The normalized spacial score (nSPS) is 11.2. The van der Waals surface area contributed by atoms with Crippen molar-refractivity contribution in [3.05, 3.63) is 66.2 Å². The maximum atomic E-state index is 12.3. The molecule has 0 saturated heterocycles.